The van der Waals surface area contributed by atoms with Gasteiger partial charge in [0.2, 0.25) is 5.78 Å². The third kappa shape index (κ3) is 2.10. The van der Waals surface area contributed by atoms with Crippen LogP contribution in [-0.4, -0.2) is 17.9 Å². The van der Waals surface area contributed by atoms with Crippen LogP contribution in [0.4, 0.5) is 11.4 Å². The first kappa shape index (κ1) is 11.9. The van der Waals surface area contributed by atoms with Gasteiger partial charge in [-0.3, -0.25) is 9.78 Å². The number of nitrogens with two attached hydrogens (primary N) is 2. The number of nitrogen functional groups attached to an aromatic ring is 2. The van der Waals surface area contributed by atoms with Crippen molar-refractivity contribution in [3.63, 3.8) is 0 Å². The Hall–Kier alpha value is -2.56. The van der Waals surface area contributed by atoms with Crippen LogP contribution < -0.4 is 16.2 Å². The zero-order valence-corrected chi connectivity index (χ0v) is 9.88. The highest BCUT2D eigenvalue weighted by molar-refractivity contribution is 6.11. The predicted octanol–water partition coefficient (Wildman–Crippen LogP) is 1.49. The van der Waals surface area contributed by atoms with Crippen molar-refractivity contribution in [2.45, 2.75) is 0 Å². The minimum absolute atomic E-state index is 0.167. The average Bonchev–Trinajstić information content (AvgIpc) is 2.41. The van der Waals surface area contributed by atoms with Gasteiger partial charge in [0.05, 0.1) is 18.5 Å². The fourth-order valence-corrected chi connectivity index (χ4v) is 1.55. The molecule has 2 rings (SSSR count). The zero-order chi connectivity index (χ0) is 13.1. The normalized spacial score (nSPS) is 10.1. The molecule has 1 heterocycles. The Morgan fingerprint density at radius 1 is 1.17 bits per heavy atom. The second-order valence-electron chi connectivity index (χ2n) is 3.72. The van der Waals surface area contributed by atoms with Crippen LogP contribution in [0.1, 0.15) is 16.1 Å². The number of anilines is 2. The second-order valence-corrected chi connectivity index (χ2v) is 3.72. The van der Waals surface area contributed by atoms with Gasteiger partial charge in [-0.05, 0) is 30.3 Å². The molecule has 0 aliphatic carbocycles. The van der Waals surface area contributed by atoms with E-state index in [-0.39, 0.29) is 17.2 Å². The molecule has 0 saturated carbocycles. The Bertz CT molecular complexity index is 579. The minimum atomic E-state index is -0.262. The number of benzene rings is 1. The van der Waals surface area contributed by atoms with Crippen LogP contribution in [0, 0.1) is 0 Å². The summed E-state index contributed by atoms with van der Waals surface area (Å²) in [7, 11) is 1.56. The van der Waals surface area contributed by atoms with Crippen LogP contribution in [0.2, 0.25) is 0 Å². The molecule has 0 radical (unpaired) electrons. The first-order valence-corrected chi connectivity index (χ1v) is 5.32. The molecule has 0 aliphatic heterocycles. The Morgan fingerprint density at radius 3 is 2.44 bits per heavy atom. The number of carbonyl (C=O) groups excluding carboxylic acids is 1. The molecule has 5 heteroatoms. The Kier molecular flexibility index (Phi) is 3.14. The molecule has 92 valence electrons. The number of aromatic nitrogens is 1. The van der Waals surface area contributed by atoms with Crippen molar-refractivity contribution in [1.82, 2.24) is 4.98 Å². The first-order valence-electron chi connectivity index (χ1n) is 5.32. The fraction of sp³-hybridized carbons (Fsp3) is 0.0769. The number of nitrogens with zero attached hydrogens (tertiary/aromatic N) is 1. The molecule has 18 heavy (non-hydrogen) atoms. The van der Waals surface area contributed by atoms with Crippen molar-refractivity contribution in [2.24, 2.45) is 0 Å². The molecule has 4 N–H and O–H groups in total. The number of ketones is 1. The number of ether oxygens (including phenoxy) is 1. The monoisotopic (exact) mass is 243 g/mol. The number of carbonyl (C=O) groups is 1. The van der Waals surface area contributed by atoms with Crippen LogP contribution in [0.15, 0.2) is 36.5 Å². The van der Waals surface area contributed by atoms with E-state index in [4.69, 9.17) is 16.2 Å². The van der Waals surface area contributed by atoms with Gasteiger partial charge in [0.1, 0.15) is 11.4 Å². The zero-order valence-electron chi connectivity index (χ0n) is 9.88. The molecule has 0 spiro atoms. The van der Waals surface area contributed by atoms with Crippen LogP contribution in [-0.2, 0) is 0 Å². The van der Waals surface area contributed by atoms with E-state index >= 15 is 0 Å². The molecule has 2 aromatic rings. The summed E-state index contributed by atoms with van der Waals surface area (Å²) in [6, 6.07) is 8.28. The standard InChI is InChI=1S/C13H13N3O2/c1-18-9-4-2-8(3-5-9)13(17)12-11(15)10(14)6-7-16-12/h2-7H,15H2,1H3,(H2,14,16). The van der Waals surface area contributed by atoms with Crippen LogP contribution in [0.5, 0.6) is 5.75 Å². The van der Waals surface area contributed by atoms with Gasteiger partial charge < -0.3 is 16.2 Å². The Labute approximate surface area is 104 Å². The van der Waals surface area contributed by atoms with E-state index in [1.807, 2.05) is 0 Å². The second kappa shape index (κ2) is 4.75. The van der Waals surface area contributed by atoms with Crippen LogP contribution in [0.25, 0.3) is 0 Å². The summed E-state index contributed by atoms with van der Waals surface area (Å²) in [4.78, 5) is 16.2. The number of methoxy groups -OCH3 is 1. The molecule has 5 nitrogen and oxygen atoms in total. The molecule has 0 fully saturated rings. The van der Waals surface area contributed by atoms with Crippen LogP contribution in [0.3, 0.4) is 0 Å². The van der Waals surface area contributed by atoms with Gasteiger partial charge in [-0.25, -0.2) is 0 Å². The summed E-state index contributed by atoms with van der Waals surface area (Å²) >= 11 is 0. The Morgan fingerprint density at radius 2 is 1.83 bits per heavy atom. The lowest BCUT2D eigenvalue weighted by atomic mass is 10.1. The number of hydrogen-bond donors (Lipinski definition) is 2. The molecule has 0 saturated heterocycles. The van der Waals surface area contributed by atoms with E-state index in [2.05, 4.69) is 4.98 Å². The number of pyridine rings is 1. The third-order valence-electron chi connectivity index (χ3n) is 2.59. The van der Waals surface area contributed by atoms with Gasteiger partial charge in [-0.1, -0.05) is 0 Å². The molecular formula is C13H13N3O2. The van der Waals surface area contributed by atoms with Gasteiger partial charge in [0, 0.05) is 11.8 Å². The van der Waals surface area contributed by atoms with Crippen molar-refractivity contribution in [1.29, 1.82) is 0 Å². The average molecular weight is 243 g/mol. The maximum absolute atomic E-state index is 12.2. The van der Waals surface area contributed by atoms with Gasteiger partial charge in [-0.15, -0.1) is 0 Å². The molecule has 0 atom stereocenters. The largest absolute Gasteiger partial charge is 0.497 e. The third-order valence-corrected chi connectivity index (χ3v) is 2.59. The maximum Gasteiger partial charge on any atom is 0.213 e. The summed E-state index contributed by atoms with van der Waals surface area (Å²) in [5, 5.41) is 0. The van der Waals surface area contributed by atoms with E-state index in [1.165, 1.54) is 6.20 Å². The molecule has 0 amide bonds. The van der Waals surface area contributed by atoms with Crippen molar-refractivity contribution < 1.29 is 9.53 Å². The van der Waals surface area contributed by atoms with Gasteiger partial charge in [0.15, 0.2) is 0 Å². The lowest BCUT2D eigenvalue weighted by Crippen LogP contribution is -2.09. The molecule has 0 unspecified atom stereocenters. The number of hydrogen-bond acceptors (Lipinski definition) is 5. The van der Waals surface area contributed by atoms with Gasteiger partial charge >= 0.3 is 0 Å². The van der Waals surface area contributed by atoms with E-state index in [1.54, 1.807) is 37.4 Å². The van der Waals surface area contributed by atoms with Crippen molar-refractivity contribution in [3.8, 4) is 5.75 Å². The SMILES string of the molecule is COc1ccc(C(=O)c2nccc(N)c2N)cc1. The van der Waals surface area contributed by atoms with E-state index in [0.29, 0.717) is 17.0 Å². The summed E-state index contributed by atoms with van der Waals surface area (Å²) in [5.74, 6) is 0.419. The lowest BCUT2D eigenvalue weighted by molar-refractivity contribution is 0.103. The quantitative estimate of drug-likeness (QED) is 0.797. The minimum Gasteiger partial charge on any atom is -0.497 e. The van der Waals surface area contributed by atoms with Gasteiger partial charge in [0.25, 0.3) is 0 Å². The smallest absolute Gasteiger partial charge is 0.213 e. The first-order chi connectivity index (χ1) is 8.63. The van der Waals surface area contributed by atoms with Gasteiger partial charge in [-0.2, -0.15) is 0 Å². The fourth-order valence-electron chi connectivity index (χ4n) is 1.55. The molecule has 0 bridgehead atoms. The van der Waals surface area contributed by atoms with E-state index in [9.17, 15) is 4.79 Å². The highest BCUT2D eigenvalue weighted by atomic mass is 16.5. The maximum atomic E-state index is 12.2. The molecule has 0 aliphatic rings. The topological polar surface area (TPSA) is 91.2 Å². The van der Waals surface area contributed by atoms with E-state index in [0.717, 1.165) is 0 Å². The lowest BCUT2D eigenvalue weighted by Gasteiger charge is -2.06. The van der Waals surface area contributed by atoms with Crippen molar-refractivity contribution in [2.75, 3.05) is 18.6 Å². The number of rotatable bonds is 3. The predicted molar refractivity (Wildman–Crippen MR) is 69.5 cm³/mol. The van der Waals surface area contributed by atoms with Crippen molar-refractivity contribution in [3.05, 3.63) is 47.8 Å². The summed E-state index contributed by atoms with van der Waals surface area (Å²) in [6.45, 7) is 0. The molecular weight excluding hydrogens is 230 g/mol. The highest BCUT2D eigenvalue weighted by Crippen LogP contribution is 2.21. The Balaban J connectivity index is 2.38. The molecule has 1 aromatic carbocycles. The summed E-state index contributed by atoms with van der Waals surface area (Å²) in [6.07, 6.45) is 1.46. The summed E-state index contributed by atoms with van der Waals surface area (Å²) in [5.41, 5.74) is 12.6. The molecule has 1 aromatic heterocycles. The van der Waals surface area contributed by atoms with Crippen LogP contribution >= 0.6 is 0 Å². The van der Waals surface area contributed by atoms with Crippen molar-refractivity contribution >= 4 is 17.2 Å². The highest BCUT2D eigenvalue weighted by Gasteiger charge is 2.15. The summed E-state index contributed by atoms with van der Waals surface area (Å²) < 4.78 is 5.03. The van der Waals surface area contributed by atoms with E-state index < -0.39 is 0 Å².